The summed E-state index contributed by atoms with van der Waals surface area (Å²) in [4.78, 5) is 93.9. The smallest absolute Gasteiger partial charge is 0.340 e. The quantitative estimate of drug-likeness (QED) is 0.100. The van der Waals surface area contributed by atoms with Gasteiger partial charge in [0.1, 0.15) is 18.3 Å². The van der Waals surface area contributed by atoms with Crippen LogP contribution in [0.25, 0.3) is 11.2 Å². The largest absolute Gasteiger partial charge is 0.407 e. The van der Waals surface area contributed by atoms with Gasteiger partial charge in [0.25, 0.3) is 5.56 Å². The number of ether oxygens (including phenoxy) is 1. The molecule has 48 heavy (non-hydrogen) atoms. The summed E-state index contributed by atoms with van der Waals surface area (Å²) in [5.74, 6) is -4.45. The van der Waals surface area contributed by atoms with Gasteiger partial charge in [-0.15, -0.1) is 0 Å². The summed E-state index contributed by atoms with van der Waals surface area (Å²) in [5, 5.41) is 1.92. The molecule has 21 nitrogen and oxygen atoms in total. The Labute approximate surface area is 275 Å². The molecule has 1 saturated heterocycles. The van der Waals surface area contributed by atoms with E-state index in [9.17, 15) is 57.2 Å². The zero-order valence-corrected chi connectivity index (χ0v) is 31.6. The van der Waals surface area contributed by atoms with Gasteiger partial charge >= 0.3 is 30.4 Å². The third-order valence-electron chi connectivity index (χ3n) is 7.45. The first-order valence-corrected chi connectivity index (χ1v) is 24.2. The number of H-pyrrole nitrogens is 1. The number of nitrogens with one attached hydrogen (secondary N) is 2. The van der Waals surface area contributed by atoms with Gasteiger partial charge in [-0.3, -0.25) is 47.2 Å². The maximum atomic E-state index is 13.1. The highest BCUT2D eigenvalue weighted by Crippen LogP contribution is 2.59. The molecule has 1 aliphatic rings. The molecular weight excluding hydrogens is 742 g/mol. The molecule has 6 atom stereocenters. The fraction of sp³-hybridized carbons (Fsp3) is 0.727. The molecule has 1 amide bonds. The number of amides is 1. The van der Waals surface area contributed by atoms with Crippen LogP contribution in [0.4, 0.5) is 5.95 Å². The van der Waals surface area contributed by atoms with Crippen molar-refractivity contribution in [3.8, 4) is 0 Å². The number of imidazole rings is 1. The summed E-state index contributed by atoms with van der Waals surface area (Å²) in [5.41, 5.74) is -1.19. The van der Waals surface area contributed by atoms with Crippen LogP contribution in [0.1, 0.15) is 40.8 Å². The van der Waals surface area contributed by atoms with Gasteiger partial charge in [-0.05, 0) is 18.1 Å². The van der Waals surface area contributed by atoms with E-state index in [1.54, 1.807) is 26.9 Å². The number of anilines is 1. The van der Waals surface area contributed by atoms with E-state index < -0.39 is 104 Å². The molecule has 3 rings (SSSR count). The molecule has 1 aliphatic heterocycles. The van der Waals surface area contributed by atoms with Gasteiger partial charge in [-0.1, -0.05) is 34.6 Å². The lowest BCUT2D eigenvalue weighted by molar-refractivity contribution is -0.118. The molecule has 1 fully saturated rings. The second-order valence-corrected chi connectivity index (χ2v) is 25.7. The molecule has 3 heterocycles. The maximum absolute atomic E-state index is 13.1. The highest BCUT2D eigenvalue weighted by molar-refractivity contribution is 7.70. The van der Waals surface area contributed by atoms with Gasteiger partial charge in [0.2, 0.25) is 11.9 Å². The third kappa shape index (κ3) is 10.8. The number of carbonyl (C=O) groups excluding carboxylic acids is 1. The topological polar surface area (TPSA) is 319 Å². The molecule has 2 aromatic heterocycles. The second kappa shape index (κ2) is 14.3. The van der Waals surface area contributed by atoms with Crippen molar-refractivity contribution in [3.05, 3.63) is 16.7 Å². The van der Waals surface area contributed by atoms with Crippen molar-refractivity contribution in [3.63, 3.8) is 0 Å². The van der Waals surface area contributed by atoms with Gasteiger partial charge < -0.3 is 43.0 Å². The minimum absolute atomic E-state index is 0.177. The van der Waals surface area contributed by atoms with E-state index in [0.717, 1.165) is 6.33 Å². The zero-order chi connectivity index (χ0) is 36.8. The van der Waals surface area contributed by atoms with Crippen LogP contribution >= 0.6 is 30.4 Å². The number of nitrogens with zero attached hydrogens (tertiary/aromatic N) is 3. The van der Waals surface area contributed by atoms with Crippen molar-refractivity contribution in [2.45, 2.75) is 77.3 Å². The number of aromatic nitrogens is 4. The lowest BCUT2D eigenvalue weighted by Gasteiger charge is -2.40. The number of hydrogen-bond acceptors (Lipinski definition) is 12. The van der Waals surface area contributed by atoms with Crippen LogP contribution in [0.15, 0.2) is 11.1 Å². The van der Waals surface area contributed by atoms with Crippen molar-refractivity contribution < 1.29 is 70.6 Å². The van der Waals surface area contributed by atoms with Crippen LogP contribution in [-0.2, 0) is 41.3 Å². The predicted octanol–water partition coefficient (Wildman–Crippen LogP) is 2.04. The maximum Gasteiger partial charge on any atom is 0.340 e. The fourth-order valence-electron chi connectivity index (χ4n) is 4.19. The van der Waals surface area contributed by atoms with Crippen LogP contribution in [0, 0.1) is 5.92 Å². The van der Waals surface area contributed by atoms with E-state index in [1.165, 1.54) is 4.57 Å². The Morgan fingerprint density at radius 2 is 1.60 bits per heavy atom. The number of rotatable bonds is 14. The summed E-state index contributed by atoms with van der Waals surface area (Å²) in [6.45, 7) is 11.3. The van der Waals surface area contributed by atoms with E-state index >= 15 is 0 Å². The van der Waals surface area contributed by atoms with E-state index in [-0.39, 0.29) is 17.1 Å². The standard InChI is InChI=1S/C22H41N5O16P4Si/c1-12(2)18(28)25-21-24-17-14(19(29)26-21)23-9-27(17)20-16(43-48(6,7)22(3,4)5)15(42-47(38,39)11-45(33,34)35)13(41-20)8-40-46(36,37)10-44(30,31)32/h9,12-13,15-16,20H,8,10-11H2,1-7H3,(H,36,37)(H,38,39)(H2,30,31,32)(H2,33,34,35)(H2,24,25,26,28,29). The Morgan fingerprint density at radius 1 is 1.04 bits per heavy atom. The Balaban J connectivity index is 2.21. The molecule has 0 spiro atoms. The summed E-state index contributed by atoms with van der Waals surface area (Å²) >= 11 is 0. The monoisotopic (exact) mass is 783 g/mol. The minimum atomic E-state index is -5.20. The van der Waals surface area contributed by atoms with Crippen molar-refractivity contribution in [2.24, 2.45) is 5.92 Å². The molecule has 0 radical (unpaired) electrons. The average Bonchev–Trinajstić information content (AvgIpc) is 3.40. The van der Waals surface area contributed by atoms with Crippen molar-refractivity contribution in [1.82, 2.24) is 19.5 Å². The van der Waals surface area contributed by atoms with Crippen LogP contribution in [0.5, 0.6) is 0 Å². The molecule has 0 saturated carbocycles. The molecule has 6 unspecified atom stereocenters. The van der Waals surface area contributed by atoms with Gasteiger partial charge in [0, 0.05) is 5.92 Å². The van der Waals surface area contributed by atoms with E-state index in [0.29, 0.717) is 0 Å². The van der Waals surface area contributed by atoms with Gasteiger partial charge in [-0.2, -0.15) is 4.98 Å². The highest BCUT2D eigenvalue weighted by Gasteiger charge is 2.55. The van der Waals surface area contributed by atoms with Crippen molar-refractivity contribution >= 4 is 61.7 Å². The van der Waals surface area contributed by atoms with Gasteiger partial charge in [0.05, 0.1) is 12.9 Å². The molecule has 26 heteroatoms. The summed E-state index contributed by atoms with van der Waals surface area (Å²) in [6, 6.07) is 0. The Morgan fingerprint density at radius 3 is 2.12 bits per heavy atom. The minimum Gasteiger partial charge on any atom is -0.407 e. The normalized spacial score (nSPS) is 23.7. The lowest BCUT2D eigenvalue weighted by atomic mass is 10.1. The fourth-order valence-corrected chi connectivity index (χ4v) is 10.8. The second-order valence-electron chi connectivity index (χ2n) is 13.0. The number of hydrogen-bond donors (Lipinski definition) is 8. The number of fused-ring (bicyclic) bond motifs is 1. The number of aromatic amines is 1. The van der Waals surface area contributed by atoms with Gasteiger partial charge in [-0.25, -0.2) is 4.98 Å². The Hall–Kier alpha value is -1.44. The SMILES string of the molecule is CC(C)C(=O)Nc1nc2c(ncn2C2OC(COP(=O)(O)CP(=O)(O)O)C(OP(=O)(O)CP(=O)(O)O)C2O[Si](C)(C)C(C)(C)C)c(=O)[nH]1. The van der Waals surface area contributed by atoms with Crippen molar-refractivity contribution in [1.29, 1.82) is 0 Å². The van der Waals surface area contributed by atoms with Gasteiger partial charge in [0.15, 0.2) is 37.5 Å². The summed E-state index contributed by atoms with van der Waals surface area (Å²) < 4.78 is 72.8. The van der Waals surface area contributed by atoms with Crippen LogP contribution < -0.4 is 10.9 Å². The Bertz CT molecular complexity index is 1760. The Kier molecular flexibility index (Phi) is 12.2. The molecule has 0 aliphatic carbocycles. The predicted molar refractivity (Wildman–Crippen MR) is 172 cm³/mol. The molecule has 8 N–H and O–H groups in total. The summed E-state index contributed by atoms with van der Waals surface area (Å²) in [7, 11) is -23.4. The molecule has 274 valence electrons. The molecule has 0 aromatic carbocycles. The van der Waals surface area contributed by atoms with E-state index in [1.807, 2.05) is 20.8 Å². The van der Waals surface area contributed by atoms with Crippen LogP contribution in [0.3, 0.4) is 0 Å². The van der Waals surface area contributed by atoms with E-state index in [4.69, 9.17) is 18.2 Å². The first-order valence-electron chi connectivity index (χ1n) is 14.2. The lowest BCUT2D eigenvalue weighted by Crippen LogP contribution is -2.49. The molecular formula is C22H41N5O16P4Si. The highest BCUT2D eigenvalue weighted by atomic mass is 31.2. The number of carbonyl (C=O) groups is 1. The first kappa shape index (κ1) is 41.0. The first-order chi connectivity index (χ1) is 21.5. The third-order valence-corrected chi connectivity index (χ3v) is 18.9. The van der Waals surface area contributed by atoms with Crippen LogP contribution in [0.2, 0.25) is 18.1 Å². The average molecular weight is 784 g/mol. The van der Waals surface area contributed by atoms with Crippen LogP contribution in [-0.4, -0.2) is 99.8 Å². The zero-order valence-electron chi connectivity index (χ0n) is 27.0. The van der Waals surface area contributed by atoms with E-state index in [2.05, 4.69) is 20.3 Å². The molecule has 2 aromatic rings. The summed E-state index contributed by atoms with van der Waals surface area (Å²) in [6.07, 6.45) is -5.32. The van der Waals surface area contributed by atoms with Crippen molar-refractivity contribution in [2.75, 3.05) is 23.7 Å². The molecule has 0 bridgehead atoms.